The molecule has 1 N–H and O–H groups in total. The van der Waals surface area contributed by atoms with Crippen LogP contribution in [-0.4, -0.2) is 16.0 Å². The van der Waals surface area contributed by atoms with E-state index in [2.05, 4.69) is 49.0 Å². The van der Waals surface area contributed by atoms with Crippen molar-refractivity contribution in [3.8, 4) is 0 Å². The number of nitrogens with one attached hydrogen (secondary N) is 1. The smallest absolute Gasteiger partial charge is 0.223 e. The number of anilines is 1. The van der Waals surface area contributed by atoms with Crippen molar-refractivity contribution >= 4 is 5.95 Å². The molecular weight excluding hydrogens is 210 g/mol. The fraction of sp³-hybridized carbons (Fsp3) is 0.714. The summed E-state index contributed by atoms with van der Waals surface area (Å²) in [4.78, 5) is 9.00. The second kappa shape index (κ2) is 6.58. The Morgan fingerprint density at radius 3 is 2.53 bits per heavy atom. The molecule has 3 nitrogen and oxygen atoms in total. The first kappa shape index (κ1) is 13.9. The lowest BCUT2D eigenvalue weighted by Crippen LogP contribution is -2.17. The van der Waals surface area contributed by atoms with Crippen LogP contribution in [0.2, 0.25) is 0 Å². The number of hydrogen-bond donors (Lipinski definition) is 1. The fourth-order valence-electron chi connectivity index (χ4n) is 1.76. The number of unbranched alkanes of at least 4 members (excludes halogenated alkanes) is 1. The Balaban J connectivity index is 2.70. The molecule has 1 aromatic heterocycles. The lowest BCUT2D eigenvalue weighted by molar-refractivity contribution is 0.639. The third-order valence-corrected chi connectivity index (χ3v) is 2.83. The van der Waals surface area contributed by atoms with Crippen LogP contribution in [0.15, 0.2) is 6.07 Å². The highest BCUT2D eigenvalue weighted by Gasteiger charge is 2.08. The molecular formula is C14H25N3. The van der Waals surface area contributed by atoms with Gasteiger partial charge in [0.1, 0.15) is 0 Å². The lowest BCUT2D eigenvalue weighted by atomic mass is 10.1. The van der Waals surface area contributed by atoms with Gasteiger partial charge in [0.2, 0.25) is 5.95 Å². The fourth-order valence-corrected chi connectivity index (χ4v) is 1.76. The first-order valence-corrected chi connectivity index (χ1v) is 6.65. The molecule has 1 unspecified atom stereocenters. The van der Waals surface area contributed by atoms with E-state index in [0.29, 0.717) is 12.0 Å². The van der Waals surface area contributed by atoms with Crippen LogP contribution < -0.4 is 5.32 Å². The van der Waals surface area contributed by atoms with Crippen LogP contribution in [0.25, 0.3) is 0 Å². The van der Waals surface area contributed by atoms with E-state index < -0.39 is 0 Å². The highest BCUT2D eigenvalue weighted by atomic mass is 15.1. The molecule has 0 saturated carbocycles. The molecule has 0 amide bonds. The molecule has 0 bridgehead atoms. The van der Waals surface area contributed by atoms with Gasteiger partial charge in [-0.25, -0.2) is 9.97 Å². The molecule has 1 atom stereocenters. The van der Waals surface area contributed by atoms with Crippen molar-refractivity contribution in [1.82, 2.24) is 9.97 Å². The van der Waals surface area contributed by atoms with Crippen LogP contribution in [0, 0.1) is 6.92 Å². The Hall–Kier alpha value is -1.12. The van der Waals surface area contributed by atoms with Gasteiger partial charge in [0.25, 0.3) is 0 Å². The molecule has 96 valence electrons. The zero-order valence-electron chi connectivity index (χ0n) is 11.7. The Kier molecular flexibility index (Phi) is 5.39. The summed E-state index contributed by atoms with van der Waals surface area (Å²) in [5.74, 6) is 1.22. The van der Waals surface area contributed by atoms with Crippen molar-refractivity contribution in [1.29, 1.82) is 0 Å². The van der Waals surface area contributed by atoms with Gasteiger partial charge in [-0.1, -0.05) is 33.6 Å². The van der Waals surface area contributed by atoms with Crippen molar-refractivity contribution in [2.24, 2.45) is 0 Å². The molecule has 0 radical (unpaired) electrons. The van der Waals surface area contributed by atoms with E-state index in [4.69, 9.17) is 0 Å². The largest absolute Gasteiger partial charge is 0.352 e. The van der Waals surface area contributed by atoms with Crippen LogP contribution in [0.5, 0.6) is 0 Å². The van der Waals surface area contributed by atoms with Gasteiger partial charge < -0.3 is 5.32 Å². The van der Waals surface area contributed by atoms with Gasteiger partial charge in [-0.05, 0) is 32.3 Å². The average molecular weight is 235 g/mol. The minimum absolute atomic E-state index is 0.441. The van der Waals surface area contributed by atoms with Gasteiger partial charge in [-0.15, -0.1) is 0 Å². The van der Waals surface area contributed by atoms with Gasteiger partial charge in [0, 0.05) is 17.4 Å². The first-order chi connectivity index (χ1) is 8.02. The Morgan fingerprint density at radius 1 is 1.24 bits per heavy atom. The third kappa shape index (κ3) is 4.72. The quantitative estimate of drug-likeness (QED) is 0.812. The van der Waals surface area contributed by atoms with E-state index in [1.807, 2.05) is 6.92 Å². The second-order valence-corrected chi connectivity index (χ2v) is 5.10. The number of aromatic nitrogens is 2. The Morgan fingerprint density at radius 2 is 1.94 bits per heavy atom. The van der Waals surface area contributed by atoms with Crippen molar-refractivity contribution in [3.63, 3.8) is 0 Å². The molecule has 3 heteroatoms. The predicted octanol–water partition coefficient (Wildman–Crippen LogP) is 3.90. The van der Waals surface area contributed by atoms with Crippen LogP contribution in [0.4, 0.5) is 5.95 Å². The summed E-state index contributed by atoms with van der Waals surface area (Å²) in [6.07, 6.45) is 3.65. The number of rotatable bonds is 6. The first-order valence-electron chi connectivity index (χ1n) is 6.65. The monoisotopic (exact) mass is 235 g/mol. The van der Waals surface area contributed by atoms with Crippen molar-refractivity contribution in [2.45, 2.75) is 65.8 Å². The van der Waals surface area contributed by atoms with Gasteiger partial charge in [-0.2, -0.15) is 0 Å². The third-order valence-electron chi connectivity index (χ3n) is 2.83. The van der Waals surface area contributed by atoms with Crippen molar-refractivity contribution in [2.75, 3.05) is 5.32 Å². The van der Waals surface area contributed by atoms with E-state index in [9.17, 15) is 0 Å². The maximum atomic E-state index is 4.56. The zero-order valence-corrected chi connectivity index (χ0v) is 11.7. The predicted molar refractivity (Wildman–Crippen MR) is 73.5 cm³/mol. The maximum Gasteiger partial charge on any atom is 0.223 e. The lowest BCUT2D eigenvalue weighted by Gasteiger charge is -2.15. The summed E-state index contributed by atoms with van der Waals surface area (Å²) in [5, 5.41) is 3.39. The van der Waals surface area contributed by atoms with Gasteiger partial charge in [0.05, 0.1) is 0 Å². The molecule has 0 fully saturated rings. The minimum Gasteiger partial charge on any atom is -0.352 e. The SMILES string of the molecule is CCCCC(C)Nc1nc(C)cc(C(C)C)n1. The summed E-state index contributed by atoms with van der Waals surface area (Å²) in [7, 11) is 0. The molecule has 0 saturated heterocycles. The van der Waals surface area contributed by atoms with E-state index in [-0.39, 0.29) is 0 Å². The van der Waals surface area contributed by atoms with Crippen molar-refractivity contribution < 1.29 is 0 Å². The van der Waals surface area contributed by atoms with Crippen LogP contribution in [0.1, 0.15) is 64.3 Å². The standard InChI is InChI=1S/C14H25N3/c1-6-7-8-11(4)15-14-16-12(5)9-13(17-14)10(2)3/h9-11H,6-8H2,1-5H3,(H,15,16,17). The van der Waals surface area contributed by atoms with Gasteiger partial charge >= 0.3 is 0 Å². The molecule has 0 aromatic carbocycles. The molecule has 0 aliphatic carbocycles. The summed E-state index contributed by atoms with van der Waals surface area (Å²) in [5.41, 5.74) is 2.15. The maximum absolute atomic E-state index is 4.56. The number of nitrogens with zero attached hydrogens (tertiary/aromatic N) is 2. The summed E-state index contributed by atoms with van der Waals surface area (Å²) >= 11 is 0. The average Bonchev–Trinajstić information content (AvgIpc) is 2.25. The van der Waals surface area contributed by atoms with E-state index in [1.165, 1.54) is 19.3 Å². The molecule has 0 aliphatic rings. The molecule has 1 aromatic rings. The Labute approximate surface area is 105 Å². The number of aryl methyl sites for hydroxylation is 1. The number of hydrogen-bond acceptors (Lipinski definition) is 3. The highest BCUT2D eigenvalue weighted by molar-refractivity contribution is 5.30. The molecule has 17 heavy (non-hydrogen) atoms. The molecule has 1 heterocycles. The molecule has 0 spiro atoms. The molecule has 0 aliphatic heterocycles. The summed E-state index contributed by atoms with van der Waals surface area (Å²) in [6, 6.07) is 2.50. The molecule has 1 rings (SSSR count). The van der Waals surface area contributed by atoms with E-state index in [1.54, 1.807) is 0 Å². The van der Waals surface area contributed by atoms with E-state index >= 15 is 0 Å². The zero-order chi connectivity index (χ0) is 12.8. The summed E-state index contributed by atoms with van der Waals surface area (Å²) < 4.78 is 0. The van der Waals surface area contributed by atoms with Gasteiger partial charge in [0.15, 0.2) is 0 Å². The van der Waals surface area contributed by atoms with E-state index in [0.717, 1.165) is 17.3 Å². The summed E-state index contributed by atoms with van der Waals surface area (Å²) in [6.45, 7) is 10.7. The normalized spacial score (nSPS) is 12.8. The van der Waals surface area contributed by atoms with Gasteiger partial charge in [-0.3, -0.25) is 0 Å². The van der Waals surface area contributed by atoms with Crippen molar-refractivity contribution in [3.05, 3.63) is 17.5 Å². The van der Waals surface area contributed by atoms with Crippen LogP contribution in [-0.2, 0) is 0 Å². The van der Waals surface area contributed by atoms with Crippen LogP contribution >= 0.6 is 0 Å². The topological polar surface area (TPSA) is 37.8 Å². The minimum atomic E-state index is 0.441. The Bertz CT molecular complexity index is 347. The second-order valence-electron chi connectivity index (χ2n) is 5.10. The van der Waals surface area contributed by atoms with Crippen LogP contribution in [0.3, 0.4) is 0 Å². The highest BCUT2D eigenvalue weighted by Crippen LogP contribution is 2.15.